The molecule has 1 aromatic heterocycles. The summed E-state index contributed by atoms with van der Waals surface area (Å²) in [7, 11) is 0. The maximum absolute atomic E-state index is 12.4. The van der Waals surface area contributed by atoms with Gasteiger partial charge in [0.2, 0.25) is 0 Å². The highest BCUT2D eigenvalue weighted by Gasteiger charge is 2.36. The molecule has 12 heteroatoms. The second-order valence-electron chi connectivity index (χ2n) is 7.31. The second-order valence-corrected chi connectivity index (χ2v) is 8.53. The van der Waals surface area contributed by atoms with Gasteiger partial charge in [0.25, 0.3) is 11.5 Å². The number of aliphatic hydroxyl groups is 1. The summed E-state index contributed by atoms with van der Waals surface area (Å²) in [5.74, 6) is -0.272. The number of hydrogen-bond acceptors (Lipinski definition) is 6. The van der Waals surface area contributed by atoms with Gasteiger partial charge in [-0.05, 0) is 19.4 Å². The largest absolute Gasteiger partial charge is 0.479 e. The fourth-order valence-electron chi connectivity index (χ4n) is 3.25. The van der Waals surface area contributed by atoms with E-state index < -0.39 is 41.7 Å². The molecule has 0 spiro atoms. The van der Waals surface area contributed by atoms with Gasteiger partial charge < -0.3 is 19.9 Å². The van der Waals surface area contributed by atoms with Crippen molar-refractivity contribution in [3.8, 4) is 5.75 Å². The van der Waals surface area contributed by atoms with E-state index in [0.29, 0.717) is 12.0 Å². The van der Waals surface area contributed by atoms with Gasteiger partial charge >= 0.3 is 5.69 Å². The third-order valence-corrected chi connectivity index (χ3v) is 6.08. The molecule has 3 rings (SSSR count). The molecule has 0 saturated carbocycles. The minimum absolute atomic E-state index is 0.0158. The highest BCUT2D eigenvalue weighted by atomic mass is 35.5. The number of aryl methyl sites for hydroxylation is 1. The van der Waals surface area contributed by atoms with E-state index in [-0.39, 0.29) is 33.8 Å². The Balaban J connectivity index is 1.60. The van der Waals surface area contributed by atoms with Gasteiger partial charge in [0, 0.05) is 30.8 Å². The van der Waals surface area contributed by atoms with Gasteiger partial charge in [-0.3, -0.25) is 19.1 Å². The first kappa shape index (κ1) is 24.6. The van der Waals surface area contributed by atoms with Crippen LogP contribution < -0.4 is 21.3 Å². The summed E-state index contributed by atoms with van der Waals surface area (Å²) < 4.78 is 12.6. The Hall–Kier alpha value is -2.04. The topological polar surface area (TPSA) is 123 Å². The summed E-state index contributed by atoms with van der Waals surface area (Å²) in [6.45, 7) is 3.30. The quantitative estimate of drug-likeness (QED) is 0.495. The van der Waals surface area contributed by atoms with Crippen LogP contribution in [-0.4, -0.2) is 45.4 Å². The van der Waals surface area contributed by atoms with Crippen molar-refractivity contribution >= 4 is 40.7 Å². The minimum atomic E-state index is -0.926. The standard InChI is InChI=1S/C20H22Cl3N3O6/c1-3-10-8-26(20(30)25-19(10)29)17-6-14(27)16(32-17)7-24-18(28)9(2)31-15-5-12(22)11(21)4-13(15)23/h4-5,8-9,14,16-17,27H,3,6-7H2,1-2H3,(H,24,28)(H,25,29,30)/t9?,14-,16+,17+/m0/s1. The zero-order chi connectivity index (χ0) is 23.6. The molecular weight excluding hydrogens is 485 g/mol. The van der Waals surface area contributed by atoms with Crippen molar-refractivity contribution in [1.82, 2.24) is 14.9 Å². The van der Waals surface area contributed by atoms with Gasteiger partial charge in [0.1, 0.15) is 18.1 Å². The number of ether oxygens (including phenoxy) is 2. The summed E-state index contributed by atoms with van der Waals surface area (Å²) in [4.78, 5) is 38.6. The molecule has 1 fully saturated rings. The van der Waals surface area contributed by atoms with Crippen LogP contribution in [0.5, 0.6) is 5.75 Å². The maximum atomic E-state index is 12.4. The summed E-state index contributed by atoms with van der Waals surface area (Å²) >= 11 is 17.9. The number of benzene rings is 1. The zero-order valence-corrected chi connectivity index (χ0v) is 19.5. The molecule has 4 atom stereocenters. The number of hydrogen-bond donors (Lipinski definition) is 3. The third-order valence-electron chi connectivity index (χ3n) is 5.06. The van der Waals surface area contributed by atoms with Crippen molar-refractivity contribution in [3.05, 3.63) is 59.8 Å². The number of nitrogens with one attached hydrogen (secondary N) is 2. The zero-order valence-electron chi connectivity index (χ0n) is 17.2. The van der Waals surface area contributed by atoms with Crippen LogP contribution in [0.2, 0.25) is 15.1 Å². The predicted molar refractivity (Wildman–Crippen MR) is 120 cm³/mol. The number of amides is 1. The number of nitrogens with zero attached hydrogens (tertiary/aromatic N) is 1. The van der Waals surface area contributed by atoms with E-state index in [1.807, 2.05) is 0 Å². The van der Waals surface area contributed by atoms with Crippen molar-refractivity contribution < 1.29 is 19.4 Å². The molecule has 1 aliphatic heterocycles. The first-order valence-corrected chi connectivity index (χ1v) is 11.0. The van der Waals surface area contributed by atoms with E-state index in [9.17, 15) is 19.5 Å². The molecule has 32 heavy (non-hydrogen) atoms. The van der Waals surface area contributed by atoms with Crippen molar-refractivity contribution in [2.75, 3.05) is 6.54 Å². The van der Waals surface area contributed by atoms with Crippen LogP contribution in [0.25, 0.3) is 0 Å². The Labute approximate surface area is 198 Å². The van der Waals surface area contributed by atoms with E-state index in [1.165, 1.54) is 29.8 Å². The Morgan fingerprint density at radius 1 is 1.31 bits per heavy atom. The molecule has 1 aromatic carbocycles. The highest BCUT2D eigenvalue weighted by Crippen LogP contribution is 2.34. The highest BCUT2D eigenvalue weighted by molar-refractivity contribution is 6.43. The average molecular weight is 507 g/mol. The van der Waals surface area contributed by atoms with Crippen LogP contribution in [0.4, 0.5) is 0 Å². The number of carbonyl (C=O) groups is 1. The first-order chi connectivity index (χ1) is 15.1. The number of H-pyrrole nitrogens is 1. The number of aliphatic hydroxyl groups excluding tert-OH is 1. The normalized spacial score (nSPS) is 21.4. The van der Waals surface area contributed by atoms with Crippen LogP contribution in [0, 0.1) is 0 Å². The Morgan fingerprint density at radius 3 is 2.69 bits per heavy atom. The third kappa shape index (κ3) is 5.47. The lowest BCUT2D eigenvalue weighted by atomic mass is 10.1. The van der Waals surface area contributed by atoms with Crippen LogP contribution in [0.1, 0.15) is 32.1 Å². The van der Waals surface area contributed by atoms with Crippen LogP contribution in [0.15, 0.2) is 27.9 Å². The first-order valence-electron chi connectivity index (χ1n) is 9.87. The van der Waals surface area contributed by atoms with E-state index in [1.54, 1.807) is 6.92 Å². The summed E-state index contributed by atoms with van der Waals surface area (Å²) in [6, 6.07) is 2.83. The molecule has 1 saturated heterocycles. The molecule has 174 valence electrons. The minimum Gasteiger partial charge on any atom is -0.479 e. The molecule has 0 aliphatic carbocycles. The lowest BCUT2D eigenvalue weighted by Crippen LogP contribution is -2.42. The number of aromatic nitrogens is 2. The van der Waals surface area contributed by atoms with Gasteiger partial charge in [-0.1, -0.05) is 41.7 Å². The predicted octanol–water partition coefficient (Wildman–Crippen LogP) is 2.29. The number of halogens is 3. The van der Waals surface area contributed by atoms with Crippen molar-refractivity contribution in [1.29, 1.82) is 0 Å². The Bertz CT molecular complexity index is 1120. The summed E-state index contributed by atoms with van der Waals surface area (Å²) in [5, 5.41) is 13.7. The van der Waals surface area contributed by atoms with Gasteiger partial charge in [0.15, 0.2) is 6.10 Å². The number of rotatable bonds is 7. The molecule has 0 radical (unpaired) electrons. The monoisotopic (exact) mass is 505 g/mol. The summed E-state index contributed by atoms with van der Waals surface area (Å²) in [5.41, 5.74) is -0.659. The van der Waals surface area contributed by atoms with Crippen molar-refractivity contribution in [2.45, 2.75) is 51.2 Å². The fourth-order valence-corrected chi connectivity index (χ4v) is 3.83. The summed E-state index contributed by atoms with van der Waals surface area (Å²) in [6.07, 6.45) is -1.39. The number of carbonyl (C=O) groups excluding carboxylic acids is 1. The molecule has 2 aromatic rings. The van der Waals surface area contributed by atoms with Gasteiger partial charge in [-0.15, -0.1) is 0 Å². The average Bonchev–Trinajstić information content (AvgIpc) is 3.10. The van der Waals surface area contributed by atoms with Crippen LogP contribution in [0.3, 0.4) is 0 Å². The molecule has 1 aliphatic rings. The lowest BCUT2D eigenvalue weighted by Gasteiger charge is -2.19. The van der Waals surface area contributed by atoms with Crippen LogP contribution in [-0.2, 0) is 16.0 Å². The van der Waals surface area contributed by atoms with Crippen molar-refractivity contribution in [2.24, 2.45) is 0 Å². The Morgan fingerprint density at radius 2 is 2.00 bits per heavy atom. The van der Waals surface area contributed by atoms with Gasteiger partial charge in [-0.2, -0.15) is 0 Å². The van der Waals surface area contributed by atoms with E-state index in [2.05, 4.69) is 10.3 Å². The molecule has 3 N–H and O–H groups in total. The van der Waals surface area contributed by atoms with Crippen molar-refractivity contribution in [3.63, 3.8) is 0 Å². The molecule has 0 bridgehead atoms. The van der Waals surface area contributed by atoms with E-state index in [4.69, 9.17) is 44.3 Å². The van der Waals surface area contributed by atoms with E-state index in [0.717, 1.165) is 0 Å². The van der Waals surface area contributed by atoms with Gasteiger partial charge in [-0.25, -0.2) is 4.79 Å². The SMILES string of the molecule is CCc1cn([C@H]2C[C@H](O)[C@@H](CNC(=O)C(C)Oc3cc(Cl)c(Cl)cc3Cl)O2)c(=O)[nH]c1=O. The van der Waals surface area contributed by atoms with E-state index >= 15 is 0 Å². The van der Waals surface area contributed by atoms with Crippen LogP contribution >= 0.6 is 34.8 Å². The molecule has 2 heterocycles. The molecule has 9 nitrogen and oxygen atoms in total. The number of aromatic amines is 1. The Kier molecular flexibility index (Phi) is 7.89. The second kappa shape index (κ2) is 10.3. The maximum Gasteiger partial charge on any atom is 0.330 e. The fraction of sp³-hybridized carbons (Fsp3) is 0.450. The smallest absolute Gasteiger partial charge is 0.330 e. The van der Waals surface area contributed by atoms with Gasteiger partial charge in [0.05, 0.1) is 21.2 Å². The molecule has 1 unspecified atom stereocenters. The molecular formula is C20H22Cl3N3O6. The lowest BCUT2D eigenvalue weighted by molar-refractivity contribution is -0.128. The molecule has 1 amide bonds.